The van der Waals surface area contributed by atoms with E-state index in [0.29, 0.717) is 18.1 Å². The summed E-state index contributed by atoms with van der Waals surface area (Å²) in [5.41, 5.74) is 4.21. The molecule has 0 atom stereocenters. The number of carbonyl (C=O) groups excluding carboxylic acids is 1. The molecule has 0 bridgehead atoms. The van der Waals surface area contributed by atoms with E-state index in [0.717, 1.165) is 67.4 Å². The third kappa shape index (κ3) is 6.07. The van der Waals surface area contributed by atoms with E-state index in [4.69, 9.17) is 9.72 Å². The van der Waals surface area contributed by atoms with Crippen LogP contribution in [-0.2, 0) is 0 Å². The Kier molecular flexibility index (Phi) is 7.62. The molecule has 1 amide bonds. The number of hydrogen-bond acceptors (Lipinski definition) is 7. The number of ether oxygens (including phenoxy) is 1. The molecular formula is C28H33N7O2. The lowest BCUT2D eigenvalue weighted by molar-refractivity contribution is 0.0949. The first-order chi connectivity index (χ1) is 18.1. The average Bonchev–Trinajstić information content (AvgIpc) is 3.35. The molecule has 2 aromatic carbocycles. The first kappa shape index (κ1) is 24.7. The molecule has 4 aromatic rings. The molecule has 192 valence electrons. The van der Waals surface area contributed by atoms with Gasteiger partial charge in [-0.05, 0) is 74.1 Å². The number of anilines is 2. The van der Waals surface area contributed by atoms with Crippen LogP contribution in [0.4, 0.5) is 11.6 Å². The van der Waals surface area contributed by atoms with Gasteiger partial charge in [0, 0.05) is 55.7 Å². The van der Waals surface area contributed by atoms with Gasteiger partial charge in [0.05, 0.1) is 7.11 Å². The second-order valence-electron chi connectivity index (χ2n) is 9.31. The minimum atomic E-state index is -0.0556. The number of methoxy groups -OCH3 is 1. The van der Waals surface area contributed by atoms with Crippen molar-refractivity contribution in [3.63, 3.8) is 0 Å². The van der Waals surface area contributed by atoms with E-state index in [2.05, 4.69) is 32.6 Å². The van der Waals surface area contributed by atoms with Crippen molar-refractivity contribution in [3.8, 4) is 16.9 Å². The molecule has 1 fully saturated rings. The number of hydrogen-bond donors (Lipinski definition) is 2. The normalized spacial score (nSPS) is 14.5. The molecule has 1 saturated heterocycles. The summed E-state index contributed by atoms with van der Waals surface area (Å²) in [4.78, 5) is 22.1. The lowest BCUT2D eigenvalue weighted by Gasteiger charge is -2.32. The van der Waals surface area contributed by atoms with Gasteiger partial charge in [0.1, 0.15) is 5.75 Å². The molecule has 0 saturated carbocycles. The van der Waals surface area contributed by atoms with Gasteiger partial charge in [-0.25, -0.2) is 4.52 Å². The Labute approximate surface area is 217 Å². The maximum atomic E-state index is 12.6. The molecule has 0 aliphatic carbocycles. The molecule has 0 radical (unpaired) electrons. The third-order valence-corrected chi connectivity index (χ3v) is 6.70. The summed E-state index contributed by atoms with van der Waals surface area (Å²) >= 11 is 0. The highest BCUT2D eigenvalue weighted by molar-refractivity contribution is 5.94. The molecule has 2 N–H and O–H groups in total. The van der Waals surface area contributed by atoms with Crippen molar-refractivity contribution < 1.29 is 9.53 Å². The van der Waals surface area contributed by atoms with Crippen LogP contribution >= 0.6 is 0 Å². The number of likely N-dealkylation sites (N-methyl/N-ethyl adjacent to an activating group) is 1. The minimum Gasteiger partial charge on any atom is -0.497 e. The fourth-order valence-electron chi connectivity index (χ4n) is 4.47. The van der Waals surface area contributed by atoms with Crippen LogP contribution in [0, 0.1) is 0 Å². The molecule has 1 aliphatic rings. The van der Waals surface area contributed by atoms with Gasteiger partial charge in [0.15, 0.2) is 5.65 Å². The van der Waals surface area contributed by atoms with E-state index in [1.165, 1.54) is 0 Å². The van der Waals surface area contributed by atoms with Gasteiger partial charge in [-0.3, -0.25) is 4.79 Å². The van der Waals surface area contributed by atoms with Crippen molar-refractivity contribution in [2.45, 2.75) is 6.42 Å². The highest BCUT2D eigenvalue weighted by Gasteiger charge is 2.14. The van der Waals surface area contributed by atoms with Crippen molar-refractivity contribution in [2.75, 3.05) is 58.7 Å². The van der Waals surface area contributed by atoms with Crippen molar-refractivity contribution in [2.24, 2.45) is 0 Å². The monoisotopic (exact) mass is 499 g/mol. The van der Waals surface area contributed by atoms with Gasteiger partial charge in [-0.2, -0.15) is 4.98 Å². The van der Waals surface area contributed by atoms with Crippen LogP contribution in [-0.4, -0.2) is 83.7 Å². The molecule has 37 heavy (non-hydrogen) atoms. The highest BCUT2D eigenvalue weighted by Crippen LogP contribution is 2.26. The zero-order valence-corrected chi connectivity index (χ0v) is 21.4. The van der Waals surface area contributed by atoms with Crippen LogP contribution in [0.25, 0.3) is 16.8 Å². The van der Waals surface area contributed by atoms with Crippen LogP contribution in [0.5, 0.6) is 5.75 Å². The zero-order chi connectivity index (χ0) is 25.6. The molecule has 5 rings (SSSR count). The smallest absolute Gasteiger partial charge is 0.251 e. The van der Waals surface area contributed by atoms with E-state index >= 15 is 0 Å². The Bertz CT molecular complexity index is 1330. The van der Waals surface area contributed by atoms with Crippen LogP contribution in [0.15, 0.2) is 66.9 Å². The Morgan fingerprint density at radius 3 is 2.49 bits per heavy atom. The molecule has 9 heteroatoms. The Morgan fingerprint density at radius 1 is 1.00 bits per heavy atom. The maximum absolute atomic E-state index is 12.6. The van der Waals surface area contributed by atoms with Crippen LogP contribution in [0.1, 0.15) is 16.8 Å². The number of fused-ring (bicyclic) bond motifs is 1. The summed E-state index contributed by atoms with van der Waals surface area (Å²) in [5.74, 6) is 1.24. The van der Waals surface area contributed by atoms with Crippen molar-refractivity contribution in [1.82, 2.24) is 29.7 Å². The summed E-state index contributed by atoms with van der Waals surface area (Å²) in [6.45, 7) is 6.11. The van der Waals surface area contributed by atoms with E-state index in [1.807, 2.05) is 66.9 Å². The summed E-state index contributed by atoms with van der Waals surface area (Å²) < 4.78 is 7.02. The van der Waals surface area contributed by atoms with E-state index in [9.17, 15) is 4.79 Å². The van der Waals surface area contributed by atoms with Crippen LogP contribution in [0.2, 0.25) is 0 Å². The molecular weight excluding hydrogens is 466 g/mol. The predicted octanol–water partition coefficient (Wildman–Crippen LogP) is 3.52. The predicted molar refractivity (Wildman–Crippen MR) is 146 cm³/mol. The van der Waals surface area contributed by atoms with Gasteiger partial charge in [0.2, 0.25) is 5.95 Å². The second kappa shape index (κ2) is 11.4. The number of nitrogens with zero attached hydrogens (tertiary/aromatic N) is 5. The van der Waals surface area contributed by atoms with Crippen molar-refractivity contribution in [1.29, 1.82) is 0 Å². The van der Waals surface area contributed by atoms with Crippen molar-refractivity contribution in [3.05, 3.63) is 72.4 Å². The largest absolute Gasteiger partial charge is 0.497 e. The Hall–Kier alpha value is -3.95. The van der Waals surface area contributed by atoms with E-state index < -0.39 is 0 Å². The fraction of sp³-hybridized carbons (Fsp3) is 0.321. The quantitative estimate of drug-likeness (QED) is 0.341. The van der Waals surface area contributed by atoms with Crippen LogP contribution < -0.4 is 15.4 Å². The standard InChI is InChI=1S/C28H33N7O2/c1-33-17-19-34(20-18-33)15-4-14-29-27(36)22-6-10-23(11-7-22)30-28-31-26-25(5-3-16-35(26)32-28)21-8-12-24(37-2)13-9-21/h3,5-13,16H,4,14-15,17-20H2,1-2H3,(H,29,36)(H,30,32). The van der Waals surface area contributed by atoms with E-state index in [1.54, 1.807) is 11.6 Å². The fourth-order valence-corrected chi connectivity index (χ4v) is 4.47. The third-order valence-electron chi connectivity index (χ3n) is 6.70. The van der Waals surface area contributed by atoms with Gasteiger partial charge in [-0.15, -0.1) is 5.10 Å². The van der Waals surface area contributed by atoms with Crippen LogP contribution in [0.3, 0.4) is 0 Å². The van der Waals surface area contributed by atoms with Gasteiger partial charge >= 0.3 is 0 Å². The number of aromatic nitrogens is 3. The first-order valence-corrected chi connectivity index (χ1v) is 12.6. The Balaban J connectivity index is 1.17. The summed E-state index contributed by atoms with van der Waals surface area (Å²) in [6, 6.07) is 19.2. The van der Waals surface area contributed by atoms with Crippen molar-refractivity contribution >= 4 is 23.2 Å². The number of piperazine rings is 1. The summed E-state index contributed by atoms with van der Waals surface area (Å²) in [6.07, 6.45) is 2.82. The molecule has 0 unspecified atom stereocenters. The average molecular weight is 500 g/mol. The number of benzene rings is 2. The summed E-state index contributed by atoms with van der Waals surface area (Å²) in [7, 11) is 3.81. The maximum Gasteiger partial charge on any atom is 0.251 e. The lowest BCUT2D eigenvalue weighted by Crippen LogP contribution is -2.45. The number of rotatable bonds is 9. The van der Waals surface area contributed by atoms with E-state index in [-0.39, 0.29) is 5.91 Å². The zero-order valence-electron chi connectivity index (χ0n) is 21.4. The second-order valence-corrected chi connectivity index (χ2v) is 9.31. The van der Waals surface area contributed by atoms with Gasteiger partial charge in [0.25, 0.3) is 5.91 Å². The molecule has 1 aliphatic heterocycles. The SMILES string of the molecule is COc1ccc(-c2cccn3nc(Nc4ccc(C(=O)NCCCN5CCN(C)CC5)cc4)nc23)cc1. The number of amides is 1. The number of nitrogens with one attached hydrogen (secondary N) is 2. The first-order valence-electron chi connectivity index (χ1n) is 12.6. The Morgan fingerprint density at radius 2 is 1.76 bits per heavy atom. The lowest BCUT2D eigenvalue weighted by atomic mass is 10.1. The van der Waals surface area contributed by atoms with Gasteiger partial charge in [-0.1, -0.05) is 12.1 Å². The summed E-state index contributed by atoms with van der Waals surface area (Å²) in [5, 5.41) is 10.8. The molecule has 0 spiro atoms. The topological polar surface area (TPSA) is 87.0 Å². The van der Waals surface area contributed by atoms with Gasteiger partial charge < -0.3 is 25.2 Å². The number of carbonyl (C=O) groups is 1. The molecule has 9 nitrogen and oxygen atoms in total. The number of pyridine rings is 1. The molecule has 2 aromatic heterocycles. The highest BCUT2D eigenvalue weighted by atomic mass is 16.5. The molecule has 3 heterocycles. The minimum absolute atomic E-state index is 0.0556.